The summed E-state index contributed by atoms with van der Waals surface area (Å²) in [5, 5.41) is 0. The van der Waals surface area contributed by atoms with Crippen molar-refractivity contribution in [3.05, 3.63) is 29.6 Å². The fourth-order valence-corrected chi connectivity index (χ4v) is 1.46. The quantitative estimate of drug-likeness (QED) is 0.622. The van der Waals surface area contributed by atoms with Crippen LogP contribution in [0.4, 0.5) is 4.39 Å². The second-order valence-corrected chi connectivity index (χ2v) is 4.45. The molecule has 94 valence electrons. The fourth-order valence-electron chi connectivity index (χ4n) is 1.33. The Balaban J connectivity index is 2.52. The van der Waals surface area contributed by atoms with Crippen LogP contribution in [-0.2, 0) is 0 Å². The van der Waals surface area contributed by atoms with Gasteiger partial charge in [-0.1, -0.05) is 12.2 Å². The van der Waals surface area contributed by atoms with Crippen LogP contribution in [0.2, 0.25) is 0 Å². The third kappa shape index (κ3) is 4.66. The van der Waals surface area contributed by atoms with Crippen molar-refractivity contribution in [1.29, 1.82) is 0 Å². The molecule has 0 heterocycles. The molecule has 0 aliphatic rings. The molecule has 17 heavy (non-hydrogen) atoms. The number of thiocarbonyl (C=S) groups is 1. The SMILES string of the molecule is CN(C)CCCOc1ccc(C(N)=S)cc1F. The van der Waals surface area contributed by atoms with Crippen molar-refractivity contribution in [1.82, 2.24) is 4.90 Å². The van der Waals surface area contributed by atoms with Crippen LogP contribution in [0.5, 0.6) is 5.75 Å². The monoisotopic (exact) mass is 256 g/mol. The molecule has 2 N–H and O–H groups in total. The van der Waals surface area contributed by atoms with Gasteiger partial charge in [-0.25, -0.2) is 4.39 Å². The van der Waals surface area contributed by atoms with E-state index in [0.717, 1.165) is 13.0 Å². The van der Waals surface area contributed by atoms with Crippen molar-refractivity contribution in [2.75, 3.05) is 27.2 Å². The minimum Gasteiger partial charge on any atom is -0.490 e. The molecular weight excluding hydrogens is 239 g/mol. The predicted molar refractivity (Wildman–Crippen MR) is 71.0 cm³/mol. The lowest BCUT2D eigenvalue weighted by molar-refractivity contribution is 0.271. The third-order valence-corrected chi connectivity index (χ3v) is 2.46. The van der Waals surface area contributed by atoms with E-state index in [9.17, 15) is 4.39 Å². The topological polar surface area (TPSA) is 38.5 Å². The number of nitrogens with zero attached hydrogens (tertiary/aromatic N) is 1. The first-order valence-corrected chi connectivity index (χ1v) is 5.78. The molecule has 0 bridgehead atoms. The van der Waals surface area contributed by atoms with E-state index in [1.165, 1.54) is 6.07 Å². The van der Waals surface area contributed by atoms with Crippen molar-refractivity contribution in [2.24, 2.45) is 5.73 Å². The molecule has 0 amide bonds. The van der Waals surface area contributed by atoms with Gasteiger partial charge in [0.25, 0.3) is 0 Å². The Kier molecular flexibility index (Phi) is 5.31. The first kappa shape index (κ1) is 13.9. The van der Waals surface area contributed by atoms with Gasteiger partial charge in [0, 0.05) is 12.1 Å². The molecule has 0 aliphatic carbocycles. The second kappa shape index (κ2) is 6.51. The van der Waals surface area contributed by atoms with Gasteiger partial charge in [-0.05, 0) is 38.7 Å². The molecule has 0 atom stereocenters. The summed E-state index contributed by atoms with van der Waals surface area (Å²) in [6.45, 7) is 1.40. The van der Waals surface area contributed by atoms with Crippen molar-refractivity contribution in [3.63, 3.8) is 0 Å². The lowest BCUT2D eigenvalue weighted by Crippen LogP contribution is -2.16. The zero-order chi connectivity index (χ0) is 12.8. The molecule has 0 aliphatic heterocycles. The highest BCUT2D eigenvalue weighted by Gasteiger charge is 2.06. The summed E-state index contributed by atoms with van der Waals surface area (Å²) in [6.07, 6.45) is 0.851. The van der Waals surface area contributed by atoms with E-state index in [0.29, 0.717) is 12.2 Å². The van der Waals surface area contributed by atoms with E-state index < -0.39 is 5.82 Å². The molecule has 0 saturated heterocycles. The maximum absolute atomic E-state index is 13.5. The summed E-state index contributed by atoms with van der Waals surface area (Å²) in [5.41, 5.74) is 5.92. The molecule has 5 heteroatoms. The van der Waals surface area contributed by atoms with Crippen LogP contribution in [-0.4, -0.2) is 37.1 Å². The van der Waals surface area contributed by atoms with Crippen molar-refractivity contribution in [3.8, 4) is 5.75 Å². The van der Waals surface area contributed by atoms with Crippen LogP contribution in [0.1, 0.15) is 12.0 Å². The van der Waals surface area contributed by atoms with Crippen molar-refractivity contribution < 1.29 is 9.13 Å². The Morgan fingerprint density at radius 2 is 2.18 bits per heavy atom. The minimum absolute atomic E-state index is 0.183. The first-order valence-electron chi connectivity index (χ1n) is 5.37. The van der Waals surface area contributed by atoms with E-state index in [2.05, 4.69) is 4.90 Å². The highest BCUT2D eigenvalue weighted by molar-refractivity contribution is 7.80. The number of ether oxygens (including phenoxy) is 1. The minimum atomic E-state index is -0.430. The molecule has 1 aromatic carbocycles. The van der Waals surface area contributed by atoms with Gasteiger partial charge >= 0.3 is 0 Å². The fraction of sp³-hybridized carbons (Fsp3) is 0.417. The Bertz CT molecular complexity index is 396. The van der Waals surface area contributed by atoms with Gasteiger partial charge in [0.1, 0.15) is 4.99 Å². The van der Waals surface area contributed by atoms with E-state index >= 15 is 0 Å². The molecule has 1 aromatic rings. The number of hydrogen-bond acceptors (Lipinski definition) is 3. The van der Waals surface area contributed by atoms with E-state index in [1.807, 2.05) is 14.1 Å². The van der Waals surface area contributed by atoms with Crippen LogP contribution in [0.15, 0.2) is 18.2 Å². The standard InChI is InChI=1S/C12H17FN2OS/c1-15(2)6-3-7-16-11-5-4-9(12(14)17)8-10(11)13/h4-5,8H,3,6-7H2,1-2H3,(H2,14,17). The Morgan fingerprint density at radius 1 is 1.47 bits per heavy atom. The average Bonchev–Trinajstić information content (AvgIpc) is 2.25. The largest absolute Gasteiger partial charge is 0.490 e. The molecule has 0 saturated carbocycles. The van der Waals surface area contributed by atoms with Crippen LogP contribution in [0.3, 0.4) is 0 Å². The molecule has 0 fully saturated rings. The molecular formula is C12H17FN2OS. The third-order valence-electron chi connectivity index (χ3n) is 2.22. The Morgan fingerprint density at radius 3 is 2.71 bits per heavy atom. The Labute approximate surface area is 106 Å². The summed E-state index contributed by atoms with van der Waals surface area (Å²) in [4.78, 5) is 2.23. The summed E-state index contributed by atoms with van der Waals surface area (Å²) in [5.74, 6) is -0.191. The maximum atomic E-state index is 13.5. The first-order chi connectivity index (χ1) is 8.00. The van der Waals surface area contributed by atoms with Crippen molar-refractivity contribution in [2.45, 2.75) is 6.42 Å². The van der Waals surface area contributed by atoms with Gasteiger partial charge in [0.15, 0.2) is 11.6 Å². The summed E-state index contributed by atoms with van der Waals surface area (Å²) in [6, 6.07) is 4.51. The van der Waals surface area contributed by atoms with Gasteiger partial charge in [-0.15, -0.1) is 0 Å². The number of rotatable bonds is 6. The van der Waals surface area contributed by atoms with Gasteiger partial charge in [0.2, 0.25) is 0 Å². The Hall–Kier alpha value is -1.20. The molecule has 0 unspecified atom stereocenters. The summed E-state index contributed by atoms with van der Waals surface area (Å²) in [7, 11) is 3.97. The van der Waals surface area contributed by atoms with Crippen LogP contribution < -0.4 is 10.5 Å². The van der Waals surface area contributed by atoms with E-state index in [1.54, 1.807) is 12.1 Å². The maximum Gasteiger partial charge on any atom is 0.165 e. The zero-order valence-electron chi connectivity index (χ0n) is 10.1. The molecule has 1 rings (SSSR count). The smallest absolute Gasteiger partial charge is 0.165 e. The second-order valence-electron chi connectivity index (χ2n) is 4.01. The molecule has 0 aromatic heterocycles. The average molecular weight is 256 g/mol. The van der Waals surface area contributed by atoms with E-state index in [-0.39, 0.29) is 10.7 Å². The van der Waals surface area contributed by atoms with Crippen LogP contribution in [0.25, 0.3) is 0 Å². The molecule has 0 radical (unpaired) electrons. The number of nitrogens with two attached hydrogens (primary N) is 1. The van der Waals surface area contributed by atoms with Gasteiger partial charge < -0.3 is 15.4 Å². The normalized spacial score (nSPS) is 10.6. The summed E-state index contributed by atoms with van der Waals surface area (Å²) >= 11 is 4.76. The highest BCUT2D eigenvalue weighted by Crippen LogP contribution is 2.18. The van der Waals surface area contributed by atoms with Gasteiger partial charge in [-0.3, -0.25) is 0 Å². The highest BCUT2D eigenvalue weighted by atomic mass is 32.1. The lowest BCUT2D eigenvalue weighted by Gasteiger charge is -2.11. The number of hydrogen-bond donors (Lipinski definition) is 1. The predicted octanol–water partition coefficient (Wildman–Crippen LogP) is 1.79. The van der Waals surface area contributed by atoms with E-state index in [4.69, 9.17) is 22.7 Å². The van der Waals surface area contributed by atoms with Gasteiger partial charge in [0.05, 0.1) is 6.61 Å². The molecule has 0 spiro atoms. The van der Waals surface area contributed by atoms with Gasteiger partial charge in [-0.2, -0.15) is 0 Å². The van der Waals surface area contributed by atoms with Crippen LogP contribution in [0, 0.1) is 5.82 Å². The zero-order valence-corrected chi connectivity index (χ0v) is 10.9. The number of halogens is 1. The molecule has 3 nitrogen and oxygen atoms in total. The van der Waals surface area contributed by atoms with Crippen molar-refractivity contribution >= 4 is 17.2 Å². The summed E-state index contributed by atoms with van der Waals surface area (Å²) < 4.78 is 18.9. The number of benzene rings is 1. The van der Waals surface area contributed by atoms with Crippen LogP contribution >= 0.6 is 12.2 Å². The lowest BCUT2D eigenvalue weighted by atomic mass is 10.2.